The molecule has 2 unspecified atom stereocenters. The first-order chi connectivity index (χ1) is 18.1. The lowest BCUT2D eigenvalue weighted by atomic mass is 10.1. The Hall–Kier alpha value is -1.86. The summed E-state index contributed by atoms with van der Waals surface area (Å²) >= 11 is 0. The quantitative estimate of drug-likeness (QED) is 0.182. The number of unbranched alkanes of at least 4 members (excludes halogenated alkanes) is 3. The van der Waals surface area contributed by atoms with E-state index < -0.39 is 0 Å². The molecular weight excluding hydrogens is 539 g/mol. The van der Waals surface area contributed by atoms with E-state index in [1.165, 1.54) is 102 Å². The molecule has 0 aliphatic carbocycles. The van der Waals surface area contributed by atoms with Crippen LogP contribution in [0.3, 0.4) is 0 Å². The SMILES string of the molecule is C[N+](C)(CCCCCC[N+](C)(C)CC1CCCN1c1ccc(N)cc1)CC1CCCN1c1ccc(N)cc1.[Cl-].[Cl-]. The third-order valence-corrected chi connectivity index (χ3v) is 8.89. The standard InChI is InChI=1S/C32H54N6.2ClH/c1-37(2,25-31-11-9-21-35(31)29-17-13-27(33)14-18-29)23-7-5-6-8-24-38(3,4)26-32-12-10-22-36(32)30-19-15-28(34)16-20-30;;/h13-20,31-32H,5-12,21-26,33-34H2,1-4H3;2*1H/q+2;;/p-2. The normalized spacial score (nSPS) is 19.4. The summed E-state index contributed by atoms with van der Waals surface area (Å²) in [5.74, 6) is 0. The molecule has 0 amide bonds. The van der Waals surface area contributed by atoms with Crippen LogP contribution in [-0.4, -0.2) is 88.5 Å². The number of likely N-dealkylation sites (N-methyl/N-ethyl adjacent to an activating group) is 2. The average Bonchev–Trinajstić information content (AvgIpc) is 3.51. The molecule has 2 heterocycles. The van der Waals surface area contributed by atoms with E-state index in [0.717, 1.165) is 20.3 Å². The van der Waals surface area contributed by atoms with Crippen molar-refractivity contribution >= 4 is 22.7 Å². The van der Waals surface area contributed by atoms with Gasteiger partial charge in [0.2, 0.25) is 0 Å². The first-order valence-electron chi connectivity index (χ1n) is 15.0. The highest BCUT2D eigenvalue weighted by Gasteiger charge is 2.32. The van der Waals surface area contributed by atoms with Crippen molar-refractivity contribution in [1.29, 1.82) is 0 Å². The Morgan fingerprint density at radius 2 is 0.950 bits per heavy atom. The van der Waals surface area contributed by atoms with Crippen molar-refractivity contribution in [1.82, 2.24) is 0 Å². The molecule has 4 rings (SSSR count). The lowest BCUT2D eigenvalue weighted by Crippen LogP contribution is -3.00. The molecular formula is C32H54Cl2N6. The van der Waals surface area contributed by atoms with Crippen LogP contribution in [0.25, 0.3) is 0 Å². The Morgan fingerprint density at radius 1 is 0.600 bits per heavy atom. The fourth-order valence-electron chi connectivity index (χ4n) is 6.82. The van der Waals surface area contributed by atoms with Crippen LogP contribution in [0.1, 0.15) is 51.4 Å². The molecule has 4 N–H and O–H groups in total. The van der Waals surface area contributed by atoms with Gasteiger partial charge in [0.25, 0.3) is 0 Å². The molecule has 40 heavy (non-hydrogen) atoms. The Bertz CT molecular complexity index is 914. The molecule has 0 radical (unpaired) electrons. The Balaban J connectivity index is 0.00000280. The van der Waals surface area contributed by atoms with E-state index in [9.17, 15) is 0 Å². The summed E-state index contributed by atoms with van der Waals surface area (Å²) in [5, 5.41) is 0. The number of benzene rings is 2. The number of quaternary nitrogens is 2. The lowest BCUT2D eigenvalue weighted by Gasteiger charge is -2.37. The zero-order valence-corrected chi connectivity index (χ0v) is 26.9. The van der Waals surface area contributed by atoms with Crippen LogP contribution in [0.5, 0.6) is 0 Å². The van der Waals surface area contributed by atoms with E-state index in [-0.39, 0.29) is 24.8 Å². The summed E-state index contributed by atoms with van der Waals surface area (Å²) in [6, 6.07) is 18.2. The molecule has 0 aromatic heterocycles. The second-order valence-corrected chi connectivity index (χ2v) is 13.3. The third kappa shape index (κ3) is 9.90. The maximum Gasteiger partial charge on any atom is 0.0989 e. The van der Waals surface area contributed by atoms with Gasteiger partial charge in [-0.3, -0.25) is 0 Å². The number of halogens is 2. The molecule has 0 saturated carbocycles. The molecule has 226 valence electrons. The summed E-state index contributed by atoms with van der Waals surface area (Å²) in [6.45, 7) is 7.31. The molecule has 2 aromatic rings. The number of hydrogen-bond acceptors (Lipinski definition) is 4. The van der Waals surface area contributed by atoms with Gasteiger partial charge in [0.05, 0.1) is 66.5 Å². The lowest BCUT2D eigenvalue weighted by molar-refractivity contribution is -0.892. The van der Waals surface area contributed by atoms with Gasteiger partial charge in [0.1, 0.15) is 0 Å². The fraction of sp³-hybridized carbons (Fsp3) is 0.625. The van der Waals surface area contributed by atoms with Crippen molar-refractivity contribution in [2.45, 2.75) is 63.5 Å². The zero-order valence-electron chi connectivity index (χ0n) is 25.4. The van der Waals surface area contributed by atoms with E-state index in [0.29, 0.717) is 12.1 Å². The maximum atomic E-state index is 5.91. The predicted octanol–water partition coefficient (Wildman–Crippen LogP) is -0.790. The van der Waals surface area contributed by atoms with Crippen LogP contribution in [0, 0.1) is 0 Å². The Morgan fingerprint density at radius 3 is 1.30 bits per heavy atom. The smallest absolute Gasteiger partial charge is 0.0989 e. The van der Waals surface area contributed by atoms with Gasteiger partial charge in [-0.05, 0) is 99.9 Å². The maximum absolute atomic E-state index is 5.91. The fourth-order valence-corrected chi connectivity index (χ4v) is 6.82. The number of nitrogen functional groups attached to an aromatic ring is 2. The van der Waals surface area contributed by atoms with Gasteiger partial charge >= 0.3 is 0 Å². The van der Waals surface area contributed by atoms with Crippen LogP contribution in [0.2, 0.25) is 0 Å². The number of nitrogens with zero attached hydrogens (tertiary/aromatic N) is 4. The Labute approximate surface area is 256 Å². The van der Waals surface area contributed by atoms with Gasteiger partial charge < -0.3 is 55.0 Å². The highest BCUT2D eigenvalue weighted by molar-refractivity contribution is 5.55. The van der Waals surface area contributed by atoms with E-state index in [1.807, 2.05) is 24.3 Å². The molecule has 2 saturated heterocycles. The van der Waals surface area contributed by atoms with Crippen molar-refractivity contribution in [2.24, 2.45) is 0 Å². The van der Waals surface area contributed by atoms with Crippen LogP contribution in [-0.2, 0) is 0 Å². The second kappa shape index (κ2) is 15.4. The van der Waals surface area contributed by atoms with Crippen molar-refractivity contribution in [3.63, 3.8) is 0 Å². The summed E-state index contributed by atoms with van der Waals surface area (Å²) in [4.78, 5) is 5.22. The molecule has 2 fully saturated rings. The van der Waals surface area contributed by atoms with Crippen LogP contribution >= 0.6 is 0 Å². The molecule has 0 spiro atoms. The minimum atomic E-state index is 0. The van der Waals surface area contributed by atoms with E-state index in [1.54, 1.807) is 0 Å². The number of anilines is 4. The molecule has 2 aliphatic heterocycles. The predicted molar refractivity (Wildman–Crippen MR) is 165 cm³/mol. The monoisotopic (exact) mass is 592 g/mol. The van der Waals surface area contributed by atoms with Gasteiger partial charge in [-0.25, -0.2) is 0 Å². The molecule has 6 nitrogen and oxygen atoms in total. The van der Waals surface area contributed by atoms with E-state index in [2.05, 4.69) is 62.3 Å². The second-order valence-electron chi connectivity index (χ2n) is 13.3. The largest absolute Gasteiger partial charge is 1.00 e. The summed E-state index contributed by atoms with van der Waals surface area (Å²) in [6.07, 6.45) is 10.5. The van der Waals surface area contributed by atoms with Crippen molar-refractivity contribution in [3.05, 3.63) is 48.5 Å². The first-order valence-corrected chi connectivity index (χ1v) is 15.0. The van der Waals surface area contributed by atoms with Gasteiger partial charge in [-0.15, -0.1) is 0 Å². The highest BCUT2D eigenvalue weighted by atomic mass is 35.5. The summed E-state index contributed by atoms with van der Waals surface area (Å²) in [7, 11) is 9.70. The van der Waals surface area contributed by atoms with Gasteiger partial charge in [-0.2, -0.15) is 0 Å². The van der Waals surface area contributed by atoms with Crippen LogP contribution in [0.15, 0.2) is 48.5 Å². The number of rotatable bonds is 13. The van der Waals surface area contributed by atoms with Crippen LogP contribution < -0.4 is 46.1 Å². The molecule has 2 atom stereocenters. The first kappa shape index (κ1) is 34.3. The van der Waals surface area contributed by atoms with E-state index in [4.69, 9.17) is 11.5 Å². The average molecular weight is 594 g/mol. The third-order valence-electron chi connectivity index (χ3n) is 8.89. The van der Waals surface area contributed by atoms with Crippen molar-refractivity contribution in [2.75, 3.05) is 88.7 Å². The molecule has 2 aliphatic rings. The van der Waals surface area contributed by atoms with Gasteiger partial charge in [0.15, 0.2) is 0 Å². The Kier molecular flexibility index (Phi) is 13.2. The summed E-state index contributed by atoms with van der Waals surface area (Å²) < 4.78 is 2.22. The topological polar surface area (TPSA) is 58.5 Å². The van der Waals surface area contributed by atoms with Crippen LogP contribution in [0.4, 0.5) is 22.7 Å². The minimum absolute atomic E-state index is 0. The van der Waals surface area contributed by atoms with Crippen molar-refractivity contribution < 1.29 is 33.8 Å². The van der Waals surface area contributed by atoms with E-state index >= 15 is 0 Å². The number of nitrogens with two attached hydrogens (primary N) is 2. The molecule has 8 heteroatoms. The molecule has 2 aromatic carbocycles. The minimum Gasteiger partial charge on any atom is -1.00 e. The molecule has 0 bridgehead atoms. The zero-order chi connectivity index (χ0) is 27.2. The van der Waals surface area contributed by atoms with Gasteiger partial charge in [0, 0.05) is 35.8 Å². The van der Waals surface area contributed by atoms with Crippen molar-refractivity contribution in [3.8, 4) is 0 Å². The highest BCUT2D eigenvalue weighted by Crippen LogP contribution is 2.29. The summed E-state index contributed by atoms with van der Waals surface area (Å²) in [5.41, 5.74) is 16.2. The number of hydrogen-bond donors (Lipinski definition) is 2. The van der Waals surface area contributed by atoms with Gasteiger partial charge in [-0.1, -0.05) is 0 Å².